The molecule has 1 heterocycles. The molecular formula is C16H19NO2. The van der Waals surface area contributed by atoms with Gasteiger partial charge in [-0.2, -0.15) is 0 Å². The van der Waals surface area contributed by atoms with Crippen LogP contribution in [0, 0.1) is 0 Å². The predicted molar refractivity (Wildman–Crippen MR) is 77.1 cm³/mol. The second-order valence-corrected chi connectivity index (χ2v) is 4.42. The highest BCUT2D eigenvalue weighted by Gasteiger charge is 2.01. The zero-order chi connectivity index (χ0) is 13.5. The molecule has 1 aromatic heterocycles. The number of likely N-dealkylation sites (N-methyl/N-ethyl adjacent to an activating group) is 1. The molecule has 0 N–H and O–H groups in total. The van der Waals surface area contributed by atoms with Crippen LogP contribution >= 0.6 is 0 Å². The molecule has 0 fully saturated rings. The van der Waals surface area contributed by atoms with Crippen LogP contribution in [0.4, 0.5) is 0 Å². The van der Waals surface area contributed by atoms with E-state index in [1.807, 2.05) is 36.4 Å². The SMILES string of the molecule is COc1ccccc1C=CCN(C)Cc1ccco1. The number of methoxy groups -OCH3 is 1. The van der Waals surface area contributed by atoms with Gasteiger partial charge in [0.15, 0.2) is 0 Å². The topological polar surface area (TPSA) is 25.6 Å². The first-order valence-electron chi connectivity index (χ1n) is 6.30. The van der Waals surface area contributed by atoms with Gasteiger partial charge in [-0.05, 0) is 25.2 Å². The molecule has 19 heavy (non-hydrogen) atoms. The molecule has 0 radical (unpaired) electrons. The van der Waals surface area contributed by atoms with E-state index < -0.39 is 0 Å². The number of furan rings is 1. The van der Waals surface area contributed by atoms with Crippen LogP contribution < -0.4 is 4.74 Å². The van der Waals surface area contributed by atoms with Crippen molar-refractivity contribution in [2.45, 2.75) is 6.54 Å². The summed E-state index contributed by atoms with van der Waals surface area (Å²) in [7, 11) is 3.75. The van der Waals surface area contributed by atoms with Crippen molar-refractivity contribution in [3.05, 3.63) is 60.1 Å². The average molecular weight is 257 g/mol. The lowest BCUT2D eigenvalue weighted by Gasteiger charge is -2.12. The highest BCUT2D eigenvalue weighted by Crippen LogP contribution is 2.18. The van der Waals surface area contributed by atoms with Crippen molar-refractivity contribution in [3.63, 3.8) is 0 Å². The Morgan fingerprint density at radius 1 is 1.21 bits per heavy atom. The largest absolute Gasteiger partial charge is 0.496 e. The summed E-state index contributed by atoms with van der Waals surface area (Å²) in [6.07, 6.45) is 5.91. The second-order valence-electron chi connectivity index (χ2n) is 4.42. The summed E-state index contributed by atoms with van der Waals surface area (Å²) < 4.78 is 10.6. The van der Waals surface area contributed by atoms with Gasteiger partial charge in [0.25, 0.3) is 0 Å². The molecule has 100 valence electrons. The smallest absolute Gasteiger partial charge is 0.126 e. The van der Waals surface area contributed by atoms with Gasteiger partial charge in [0, 0.05) is 12.1 Å². The Bertz CT molecular complexity index is 517. The van der Waals surface area contributed by atoms with Gasteiger partial charge in [0.05, 0.1) is 19.9 Å². The number of nitrogens with zero attached hydrogens (tertiary/aromatic N) is 1. The molecule has 0 bridgehead atoms. The van der Waals surface area contributed by atoms with E-state index in [1.54, 1.807) is 13.4 Å². The summed E-state index contributed by atoms with van der Waals surface area (Å²) >= 11 is 0. The van der Waals surface area contributed by atoms with Crippen LogP contribution in [-0.4, -0.2) is 25.6 Å². The number of hydrogen-bond acceptors (Lipinski definition) is 3. The van der Waals surface area contributed by atoms with E-state index in [9.17, 15) is 0 Å². The van der Waals surface area contributed by atoms with Crippen LogP contribution in [0.25, 0.3) is 6.08 Å². The first-order chi connectivity index (χ1) is 9.29. The van der Waals surface area contributed by atoms with Crippen molar-refractivity contribution in [3.8, 4) is 5.75 Å². The Kier molecular flexibility index (Phi) is 4.81. The van der Waals surface area contributed by atoms with Crippen LogP contribution in [0.15, 0.2) is 53.2 Å². The third-order valence-corrected chi connectivity index (χ3v) is 2.86. The maximum Gasteiger partial charge on any atom is 0.126 e. The lowest BCUT2D eigenvalue weighted by molar-refractivity contribution is 0.323. The molecule has 0 aliphatic rings. The van der Waals surface area contributed by atoms with Gasteiger partial charge in [0.2, 0.25) is 0 Å². The summed E-state index contributed by atoms with van der Waals surface area (Å²) in [5.74, 6) is 1.88. The number of ether oxygens (including phenoxy) is 1. The summed E-state index contributed by atoms with van der Waals surface area (Å²) in [5, 5.41) is 0. The third kappa shape index (κ3) is 4.00. The maximum absolute atomic E-state index is 5.32. The Balaban J connectivity index is 1.89. The zero-order valence-electron chi connectivity index (χ0n) is 11.4. The van der Waals surface area contributed by atoms with Crippen molar-refractivity contribution < 1.29 is 9.15 Å². The van der Waals surface area contributed by atoms with E-state index in [4.69, 9.17) is 9.15 Å². The van der Waals surface area contributed by atoms with Gasteiger partial charge in [-0.1, -0.05) is 30.4 Å². The van der Waals surface area contributed by atoms with Gasteiger partial charge in [0.1, 0.15) is 11.5 Å². The fraction of sp³-hybridized carbons (Fsp3) is 0.250. The molecule has 0 saturated heterocycles. The monoisotopic (exact) mass is 257 g/mol. The van der Waals surface area contributed by atoms with Crippen molar-refractivity contribution in [2.75, 3.05) is 20.7 Å². The van der Waals surface area contributed by atoms with Crippen molar-refractivity contribution in [1.82, 2.24) is 4.90 Å². The molecule has 0 unspecified atom stereocenters. The first kappa shape index (κ1) is 13.4. The molecule has 2 aromatic rings. The van der Waals surface area contributed by atoms with Crippen molar-refractivity contribution in [2.24, 2.45) is 0 Å². The average Bonchev–Trinajstić information content (AvgIpc) is 2.92. The van der Waals surface area contributed by atoms with Crippen LogP contribution in [0.3, 0.4) is 0 Å². The Hall–Kier alpha value is -2.00. The van der Waals surface area contributed by atoms with Gasteiger partial charge < -0.3 is 9.15 Å². The van der Waals surface area contributed by atoms with Crippen molar-refractivity contribution in [1.29, 1.82) is 0 Å². The minimum atomic E-state index is 0.809. The van der Waals surface area contributed by atoms with Gasteiger partial charge in [-0.15, -0.1) is 0 Å². The van der Waals surface area contributed by atoms with E-state index in [2.05, 4.69) is 24.1 Å². The van der Waals surface area contributed by atoms with Crippen LogP contribution in [0.2, 0.25) is 0 Å². The fourth-order valence-electron chi connectivity index (χ4n) is 1.90. The van der Waals surface area contributed by atoms with E-state index in [-0.39, 0.29) is 0 Å². The van der Waals surface area contributed by atoms with E-state index >= 15 is 0 Å². The number of hydrogen-bond donors (Lipinski definition) is 0. The fourth-order valence-corrected chi connectivity index (χ4v) is 1.90. The lowest BCUT2D eigenvalue weighted by atomic mass is 10.2. The van der Waals surface area contributed by atoms with E-state index in [0.717, 1.165) is 30.2 Å². The van der Waals surface area contributed by atoms with Crippen molar-refractivity contribution >= 4 is 6.08 Å². The summed E-state index contributed by atoms with van der Waals surface area (Å²) in [6.45, 7) is 1.67. The predicted octanol–water partition coefficient (Wildman–Crippen LogP) is 3.43. The molecule has 0 saturated carbocycles. The Morgan fingerprint density at radius 3 is 2.79 bits per heavy atom. The standard InChI is InChI=1S/C16H19NO2/c1-17(13-15-9-6-12-19-15)11-5-8-14-7-3-4-10-16(14)18-2/h3-10,12H,11,13H2,1-2H3. The molecule has 0 amide bonds. The molecule has 2 rings (SSSR count). The molecule has 0 spiro atoms. The minimum Gasteiger partial charge on any atom is -0.496 e. The van der Waals surface area contributed by atoms with Crippen LogP contribution in [0.1, 0.15) is 11.3 Å². The van der Waals surface area contributed by atoms with E-state index in [1.165, 1.54) is 0 Å². The molecule has 3 heteroatoms. The number of benzene rings is 1. The third-order valence-electron chi connectivity index (χ3n) is 2.86. The molecule has 0 atom stereocenters. The van der Waals surface area contributed by atoms with Crippen LogP contribution in [-0.2, 0) is 6.54 Å². The van der Waals surface area contributed by atoms with Gasteiger partial charge in [-0.3, -0.25) is 4.90 Å². The quantitative estimate of drug-likeness (QED) is 0.792. The lowest BCUT2D eigenvalue weighted by Crippen LogP contribution is -2.17. The Labute approximate surface area is 114 Å². The zero-order valence-corrected chi connectivity index (χ0v) is 11.4. The number of rotatable bonds is 6. The van der Waals surface area contributed by atoms with Gasteiger partial charge >= 0.3 is 0 Å². The maximum atomic E-state index is 5.32. The molecule has 0 aliphatic carbocycles. The normalized spacial score (nSPS) is 11.3. The summed E-state index contributed by atoms with van der Waals surface area (Å²) in [4.78, 5) is 2.19. The first-order valence-corrected chi connectivity index (χ1v) is 6.30. The Morgan fingerprint density at radius 2 is 2.05 bits per heavy atom. The molecule has 0 aliphatic heterocycles. The van der Waals surface area contributed by atoms with E-state index in [0.29, 0.717) is 0 Å². The van der Waals surface area contributed by atoms with Crippen LogP contribution in [0.5, 0.6) is 5.75 Å². The summed E-state index contributed by atoms with van der Waals surface area (Å²) in [6, 6.07) is 11.9. The molecule has 1 aromatic carbocycles. The van der Waals surface area contributed by atoms with Gasteiger partial charge in [-0.25, -0.2) is 0 Å². The highest BCUT2D eigenvalue weighted by atomic mass is 16.5. The summed E-state index contributed by atoms with van der Waals surface area (Å²) in [5.41, 5.74) is 1.09. The molecule has 3 nitrogen and oxygen atoms in total. The second kappa shape index (κ2) is 6.81. The highest BCUT2D eigenvalue weighted by molar-refractivity contribution is 5.57. The minimum absolute atomic E-state index is 0.809. The molecular weight excluding hydrogens is 238 g/mol. The number of para-hydroxylation sites is 1.